The number of hydrogen-bond donors (Lipinski definition) is 2. The SMILES string of the molecule is CCCN(CCC)C(=O)c1cccc(C(=O)NC([CH]C(CC)C(=O)Nc2ccc(C)cc2)Cc2ccccc2)c1. The molecule has 0 aliphatic rings. The Hall–Kier alpha value is -3.93. The van der Waals surface area contributed by atoms with Gasteiger partial charge < -0.3 is 15.5 Å². The molecule has 0 bridgehead atoms. The van der Waals surface area contributed by atoms with Gasteiger partial charge in [-0.1, -0.05) is 74.9 Å². The van der Waals surface area contributed by atoms with Gasteiger partial charge in [0.25, 0.3) is 11.8 Å². The third-order valence-electron chi connectivity index (χ3n) is 6.82. The van der Waals surface area contributed by atoms with Gasteiger partial charge in [-0.3, -0.25) is 14.4 Å². The third-order valence-corrected chi connectivity index (χ3v) is 6.82. The molecule has 2 N–H and O–H groups in total. The van der Waals surface area contributed by atoms with Gasteiger partial charge in [0.2, 0.25) is 5.91 Å². The minimum atomic E-state index is -0.403. The standard InChI is InChI=1S/C34H42N3O3/c1-5-20-37(21-6-2)34(40)29-15-11-14-28(23-29)33(39)36-31(22-26-12-9-8-10-13-26)24-27(7-3)32(38)35-30-18-16-25(4)17-19-30/h8-19,23-24,27,31H,5-7,20-22H2,1-4H3,(H,35,38)(H,36,39). The molecule has 0 aliphatic carbocycles. The molecule has 2 unspecified atom stereocenters. The highest BCUT2D eigenvalue weighted by molar-refractivity contribution is 6.00. The van der Waals surface area contributed by atoms with E-state index in [2.05, 4.69) is 10.6 Å². The predicted molar refractivity (Wildman–Crippen MR) is 162 cm³/mol. The Kier molecular flexibility index (Phi) is 11.9. The fourth-order valence-corrected chi connectivity index (χ4v) is 4.68. The molecule has 40 heavy (non-hydrogen) atoms. The molecular weight excluding hydrogens is 498 g/mol. The Balaban J connectivity index is 1.77. The lowest BCUT2D eigenvalue weighted by atomic mass is 9.92. The maximum atomic E-state index is 13.4. The summed E-state index contributed by atoms with van der Waals surface area (Å²) in [6.45, 7) is 9.43. The molecule has 0 saturated heterocycles. The van der Waals surface area contributed by atoms with E-state index in [-0.39, 0.29) is 23.8 Å². The monoisotopic (exact) mass is 540 g/mol. The number of hydrogen-bond acceptors (Lipinski definition) is 3. The van der Waals surface area contributed by atoms with Gasteiger partial charge in [-0.15, -0.1) is 0 Å². The van der Waals surface area contributed by atoms with Gasteiger partial charge >= 0.3 is 0 Å². The Morgan fingerprint density at radius 3 is 2.10 bits per heavy atom. The van der Waals surface area contributed by atoms with Crippen LogP contribution in [-0.4, -0.2) is 41.8 Å². The number of carbonyl (C=O) groups is 3. The van der Waals surface area contributed by atoms with Crippen LogP contribution < -0.4 is 10.6 Å². The zero-order valence-corrected chi connectivity index (χ0v) is 24.2. The molecule has 3 amide bonds. The van der Waals surface area contributed by atoms with Crippen LogP contribution in [0.5, 0.6) is 0 Å². The molecule has 6 nitrogen and oxygen atoms in total. The molecule has 6 heteroatoms. The Bertz CT molecular complexity index is 1230. The van der Waals surface area contributed by atoms with Crippen LogP contribution in [0.1, 0.15) is 71.9 Å². The van der Waals surface area contributed by atoms with E-state index in [1.54, 1.807) is 24.3 Å². The number of carbonyl (C=O) groups excluding carboxylic acids is 3. The average Bonchev–Trinajstić information content (AvgIpc) is 2.97. The quantitative estimate of drug-likeness (QED) is 0.246. The van der Waals surface area contributed by atoms with E-state index < -0.39 is 5.92 Å². The maximum absolute atomic E-state index is 13.4. The van der Waals surface area contributed by atoms with Gasteiger partial charge in [0.15, 0.2) is 0 Å². The van der Waals surface area contributed by atoms with Gasteiger partial charge in [-0.2, -0.15) is 0 Å². The lowest BCUT2D eigenvalue weighted by Gasteiger charge is -2.24. The first-order valence-electron chi connectivity index (χ1n) is 14.3. The van der Waals surface area contributed by atoms with Crippen LogP contribution in [0.25, 0.3) is 0 Å². The first kappa shape index (κ1) is 30.6. The smallest absolute Gasteiger partial charge is 0.253 e. The summed E-state index contributed by atoms with van der Waals surface area (Å²) in [5, 5.41) is 6.12. The van der Waals surface area contributed by atoms with Crippen LogP contribution in [0.4, 0.5) is 5.69 Å². The topological polar surface area (TPSA) is 78.5 Å². The molecule has 0 aromatic heterocycles. The van der Waals surface area contributed by atoms with Crippen LogP contribution in [0, 0.1) is 19.3 Å². The summed E-state index contributed by atoms with van der Waals surface area (Å²) in [4.78, 5) is 41.6. The van der Waals surface area contributed by atoms with Crippen molar-refractivity contribution in [2.75, 3.05) is 18.4 Å². The van der Waals surface area contributed by atoms with Crippen molar-refractivity contribution in [3.63, 3.8) is 0 Å². The number of benzene rings is 3. The van der Waals surface area contributed by atoms with Gasteiger partial charge in [0, 0.05) is 41.9 Å². The number of anilines is 1. The maximum Gasteiger partial charge on any atom is 0.253 e. The molecular formula is C34H42N3O3. The molecule has 3 aromatic rings. The van der Waals surface area contributed by atoms with Crippen molar-refractivity contribution in [1.29, 1.82) is 0 Å². The minimum Gasteiger partial charge on any atom is -0.349 e. The van der Waals surface area contributed by atoms with Gasteiger partial charge in [0.1, 0.15) is 0 Å². The summed E-state index contributed by atoms with van der Waals surface area (Å²) < 4.78 is 0. The molecule has 1 radical (unpaired) electrons. The second kappa shape index (κ2) is 15.6. The molecule has 211 valence electrons. The number of nitrogens with zero attached hydrogens (tertiary/aromatic N) is 1. The summed E-state index contributed by atoms with van der Waals surface area (Å²) in [5.41, 5.74) is 3.84. The highest BCUT2D eigenvalue weighted by Gasteiger charge is 2.25. The second-order valence-electron chi connectivity index (χ2n) is 10.2. The molecule has 0 aliphatic heterocycles. The first-order valence-corrected chi connectivity index (χ1v) is 14.3. The molecule has 0 heterocycles. The predicted octanol–water partition coefficient (Wildman–Crippen LogP) is 6.47. The Morgan fingerprint density at radius 1 is 0.825 bits per heavy atom. The van der Waals surface area contributed by atoms with Crippen molar-refractivity contribution < 1.29 is 14.4 Å². The Labute approximate surface area is 239 Å². The van der Waals surface area contributed by atoms with E-state index in [9.17, 15) is 14.4 Å². The zero-order chi connectivity index (χ0) is 28.9. The second-order valence-corrected chi connectivity index (χ2v) is 10.2. The summed E-state index contributed by atoms with van der Waals surface area (Å²) in [5.74, 6) is -0.860. The van der Waals surface area contributed by atoms with Crippen molar-refractivity contribution in [3.8, 4) is 0 Å². The van der Waals surface area contributed by atoms with Gasteiger partial charge in [0.05, 0.1) is 0 Å². The number of nitrogens with one attached hydrogen (secondary N) is 2. The van der Waals surface area contributed by atoms with Crippen LogP contribution in [-0.2, 0) is 11.2 Å². The van der Waals surface area contributed by atoms with E-state index >= 15 is 0 Å². The first-order chi connectivity index (χ1) is 19.3. The van der Waals surface area contributed by atoms with E-state index in [1.165, 1.54) is 0 Å². The highest BCUT2D eigenvalue weighted by atomic mass is 16.2. The van der Waals surface area contributed by atoms with Crippen LogP contribution in [0.2, 0.25) is 0 Å². The molecule has 0 fully saturated rings. The average molecular weight is 541 g/mol. The van der Waals surface area contributed by atoms with Crippen molar-refractivity contribution >= 4 is 23.4 Å². The number of rotatable bonds is 14. The van der Waals surface area contributed by atoms with Crippen molar-refractivity contribution in [3.05, 3.63) is 108 Å². The largest absolute Gasteiger partial charge is 0.349 e. The third kappa shape index (κ3) is 9.08. The zero-order valence-electron chi connectivity index (χ0n) is 24.2. The summed E-state index contributed by atoms with van der Waals surface area (Å²) >= 11 is 0. The lowest BCUT2D eigenvalue weighted by molar-refractivity contribution is -0.119. The lowest BCUT2D eigenvalue weighted by Crippen LogP contribution is -2.40. The fourth-order valence-electron chi connectivity index (χ4n) is 4.68. The number of amides is 3. The van der Waals surface area contributed by atoms with Crippen molar-refractivity contribution in [2.24, 2.45) is 5.92 Å². The molecule has 3 rings (SSSR count). The van der Waals surface area contributed by atoms with Crippen molar-refractivity contribution in [1.82, 2.24) is 10.2 Å². The van der Waals surface area contributed by atoms with E-state index in [4.69, 9.17) is 0 Å². The van der Waals surface area contributed by atoms with Crippen molar-refractivity contribution in [2.45, 2.75) is 59.4 Å². The highest BCUT2D eigenvalue weighted by Crippen LogP contribution is 2.19. The summed E-state index contributed by atoms with van der Waals surface area (Å²) in [7, 11) is 0. The normalized spacial score (nSPS) is 12.3. The van der Waals surface area contributed by atoms with E-state index in [0.29, 0.717) is 37.1 Å². The summed E-state index contributed by atoms with van der Waals surface area (Å²) in [6, 6.07) is 24.1. The van der Waals surface area contributed by atoms with Crippen LogP contribution in [0.3, 0.4) is 0 Å². The molecule has 3 aromatic carbocycles. The molecule has 0 spiro atoms. The van der Waals surface area contributed by atoms with Gasteiger partial charge in [-0.05, 0) is 74.9 Å². The number of aryl methyl sites for hydroxylation is 1. The van der Waals surface area contributed by atoms with Crippen LogP contribution in [0.15, 0.2) is 78.9 Å². The molecule has 2 atom stereocenters. The summed E-state index contributed by atoms with van der Waals surface area (Å²) in [6.07, 6.45) is 4.81. The Morgan fingerprint density at radius 2 is 1.48 bits per heavy atom. The van der Waals surface area contributed by atoms with E-state index in [1.807, 2.05) is 93.6 Å². The fraction of sp³-hybridized carbons (Fsp3) is 0.353. The molecule has 0 saturated carbocycles. The minimum absolute atomic E-state index is 0.0652. The van der Waals surface area contributed by atoms with Crippen LogP contribution >= 0.6 is 0 Å². The van der Waals surface area contributed by atoms with Gasteiger partial charge in [-0.25, -0.2) is 0 Å². The van der Waals surface area contributed by atoms with E-state index in [0.717, 1.165) is 29.7 Å².